The van der Waals surface area contributed by atoms with E-state index in [0.717, 1.165) is 6.20 Å². The summed E-state index contributed by atoms with van der Waals surface area (Å²) in [7, 11) is 0. The van der Waals surface area contributed by atoms with E-state index in [0.29, 0.717) is 18.8 Å². The molecule has 1 aromatic rings. The number of nitrogens with one attached hydrogen (secondary N) is 1. The van der Waals surface area contributed by atoms with Crippen molar-refractivity contribution in [2.24, 2.45) is 5.73 Å². The first-order valence-corrected chi connectivity index (χ1v) is 6.10. The van der Waals surface area contributed by atoms with E-state index in [4.69, 9.17) is 10.5 Å². The number of carbonyl (C=O) groups is 1. The van der Waals surface area contributed by atoms with Gasteiger partial charge in [0.05, 0.1) is 6.20 Å². The van der Waals surface area contributed by atoms with Crippen LogP contribution in [-0.2, 0) is 4.74 Å². The quantitative estimate of drug-likeness (QED) is 0.873. The Bertz CT molecular complexity index is 415. The number of ether oxygens (including phenoxy) is 1. The van der Waals surface area contributed by atoms with Gasteiger partial charge in [-0.3, -0.25) is 4.98 Å². The van der Waals surface area contributed by atoms with E-state index in [2.05, 4.69) is 10.3 Å². The first-order chi connectivity index (χ1) is 8.81. The van der Waals surface area contributed by atoms with Gasteiger partial charge in [0.2, 0.25) is 0 Å². The van der Waals surface area contributed by atoms with Crippen LogP contribution in [0.15, 0.2) is 18.3 Å². The minimum Gasteiger partial charge on any atom is -0.444 e. The lowest BCUT2D eigenvalue weighted by molar-refractivity contribution is 0.0524. The number of hydrogen-bond acceptors (Lipinski definition) is 4. The van der Waals surface area contributed by atoms with Crippen LogP contribution in [0.4, 0.5) is 9.18 Å². The van der Waals surface area contributed by atoms with Gasteiger partial charge >= 0.3 is 6.09 Å². The van der Waals surface area contributed by atoms with E-state index in [1.165, 1.54) is 6.07 Å². The van der Waals surface area contributed by atoms with Crippen molar-refractivity contribution in [2.75, 3.05) is 13.1 Å². The van der Waals surface area contributed by atoms with Crippen molar-refractivity contribution in [2.45, 2.75) is 32.3 Å². The number of aromatic nitrogens is 1. The summed E-state index contributed by atoms with van der Waals surface area (Å²) in [6, 6.07) is 2.88. The summed E-state index contributed by atoms with van der Waals surface area (Å²) in [6.45, 7) is 5.95. The zero-order valence-electron chi connectivity index (χ0n) is 11.4. The minimum atomic E-state index is -0.545. The van der Waals surface area contributed by atoms with Crippen molar-refractivity contribution in [1.82, 2.24) is 10.3 Å². The number of hydrogen-bond donors (Lipinski definition) is 2. The number of rotatable bonds is 4. The molecule has 1 atom stereocenters. The fourth-order valence-corrected chi connectivity index (χ4v) is 1.46. The summed E-state index contributed by atoms with van der Waals surface area (Å²) in [5.41, 5.74) is 5.72. The molecule has 0 aromatic carbocycles. The van der Waals surface area contributed by atoms with Crippen LogP contribution in [0.3, 0.4) is 0 Å². The van der Waals surface area contributed by atoms with Gasteiger partial charge in [-0.15, -0.1) is 0 Å². The van der Waals surface area contributed by atoms with Gasteiger partial charge in [-0.25, -0.2) is 9.18 Å². The van der Waals surface area contributed by atoms with Gasteiger partial charge in [0.25, 0.3) is 0 Å². The van der Waals surface area contributed by atoms with Crippen LogP contribution in [0.2, 0.25) is 0 Å². The highest BCUT2D eigenvalue weighted by atomic mass is 19.1. The number of amides is 1. The topological polar surface area (TPSA) is 77.2 Å². The van der Waals surface area contributed by atoms with Crippen molar-refractivity contribution in [3.8, 4) is 0 Å². The maximum atomic E-state index is 12.8. The van der Waals surface area contributed by atoms with Crippen molar-refractivity contribution < 1.29 is 13.9 Å². The predicted octanol–water partition coefficient (Wildman–Crippen LogP) is 1.79. The maximum Gasteiger partial charge on any atom is 0.407 e. The first kappa shape index (κ1) is 15.4. The second-order valence-electron chi connectivity index (χ2n) is 5.22. The second-order valence-corrected chi connectivity index (χ2v) is 5.22. The number of pyridine rings is 1. The highest BCUT2D eigenvalue weighted by Crippen LogP contribution is 2.12. The van der Waals surface area contributed by atoms with Crippen LogP contribution < -0.4 is 11.1 Å². The fourth-order valence-electron chi connectivity index (χ4n) is 1.46. The Hall–Kier alpha value is -1.69. The molecule has 3 N–H and O–H groups in total. The molecule has 0 aliphatic heterocycles. The Kier molecular flexibility index (Phi) is 5.23. The molecule has 1 unspecified atom stereocenters. The summed E-state index contributed by atoms with van der Waals surface area (Å²) in [6.07, 6.45) is 0.624. The summed E-state index contributed by atoms with van der Waals surface area (Å²) in [4.78, 5) is 15.5. The molecule has 0 fully saturated rings. The van der Waals surface area contributed by atoms with Gasteiger partial charge in [0.1, 0.15) is 11.4 Å². The smallest absolute Gasteiger partial charge is 0.407 e. The monoisotopic (exact) mass is 269 g/mol. The molecule has 5 nitrogen and oxygen atoms in total. The van der Waals surface area contributed by atoms with Crippen molar-refractivity contribution in [3.05, 3.63) is 29.8 Å². The lowest BCUT2D eigenvalue weighted by atomic mass is 10.1. The number of halogens is 1. The highest BCUT2D eigenvalue weighted by Gasteiger charge is 2.18. The van der Waals surface area contributed by atoms with Crippen LogP contribution in [0.1, 0.15) is 32.4 Å². The third-order valence-electron chi connectivity index (χ3n) is 2.34. The summed E-state index contributed by atoms with van der Waals surface area (Å²) < 4.78 is 17.9. The maximum absolute atomic E-state index is 12.8. The third-order valence-corrected chi connectivity index (χ3v) is 2.34. The third kappa shape index (κ3) is 5.65. The van der Waals surface area contributed by atoms with Gasteiger partial charge in [0, 0.05) is 24.7 Å². The van der Waals surface area contributed by atoms with E-state index < -0.39 is 17.5 Å². The molecule has 1 rings (SSSR count). The van der Waals surface area contributed by atoms with E-state index in [1.54, 1.807) is 26.8 Å². The molecule has 0 spiro atoms. The second kappa shape index (κ2) is 6.47. The van der Waals surface area contributed by atoms with Gasteiger partial charge in [-0.1, -0.05) is 0 Å². The Morgan fingerprint density at radius 2 is 2.21 bits per heavy atom. The van der Waals surface area contributed by atoms with Gasteiger partial charge < -0.3 is 15.8 Å². The van der Waals surface area contributed by atoms with Crippen LogP contribution in [-0.4, -0.2) is 29.8 Å². The molecule has 1 aromatic heterocycles. The number of carbonyl (C=O) groups excluding carboxylic acids is 1. The SMILES string of the molecule is CC(C)(C)OC(=O)NCC(CN)c1ccc(F)cn1. The molecule has 19 heavy (non-hydrogen) atoms. The lowest BCUT2D eigenvalue weighted by Gasteiger charge is -2.21. The van der Waals surface area contributed by atoms with Gasteiger partial charge in [0.15, 0.2) is 0 Å². The number of nitrogens with zero attached hydrogens (tertiary/aromatic N) is 1. The zero-order chi connectivity index (χ0) is 14.5. The van der Waals surface area contributed by atoms with Crippen molar-refractivity contribution in [1.29, 1.82) is 0 Å². The molecule has 0 aliphatic carbocycles. The molecule has 1 heterocycles. The molecule has 106 valence electrons. The Balaban J connectivity index is 2.54. The van der Waals surface area contributed by atoms with Crippen LogP contribution >= 0.6 is 0 Å². The highest BCUT2D eigenvalue weighted by molar-refractivity contribution is 5.67. The molecule has 0 saturated carbocycles. The van der Waals surface area contributed by atoms with Gasteiger partial charge in [-0.2, -0.15) is 0 Å². The van der Waals surface area contributed by atoms with Crippen molar-refractivity contribution in [3.63, 3.8) is 0 Å². The normalized spacial score (nSPS) is 12.9. The molecule has 6 heteroatoms. The predicted molar refractivity (Wildman–Crippen MR) is 70.2 cm³/mol. The Morgan fingerprint density at radius 3 is 2.68 bits per heavy atom. The zero-order valence-corrected chi connectivity index (χ0v) is 11.4. The standard InChI is InChI=1S/C13H20FN3O2/c1-13(2,3)19-12(18)17-7-9(6-15)11-5-4-10(14)8-16-11/h4-5,8-9H,6-7,15H2,1-3H3,(H,17,18). The minimum absolute atomic E-state index is 0.173. The molecule has 0 radical (unpaired) electrons. The molecular formula is C13H20FN3O2. The van der Waals surface area contributed by atoms with E-state index in [9.17, 15) is 9.18 Å². The summed E-state index contributed by atoms with van der Waals surface area (Å²) >= 11 is 0. The average molecular weight is 269 g/mol. The molecule has 0 aliphatic rings. The van der Waals surface area contributed by atoms with Crippen LogP contribution in [0.25, 0.3) is 0 Å². The number of alkyl carbamates (subject to hydrolysis) is 1. The summed E-state index contributed by atoms with van der Waals surface area (Å²) in [5, 5.41) is 2.63. The largest absolute Gasteiger partial charge is 0.444 e. The Morgan fingerprint density at radius 1 is 1.53 bits per heavy atom. The fraction of sp³-hybridized carbons (Fsp3) is 0.538. The molecule has 0 saturated heterocycles. The van der Waals surface area contributed by atoms with Gasteiger partial charge in [-0.05, 0) is 32.9 Å². The van der Waals surface area contributed by atoms with Crippen LogP contribution in [0.5, 0.6) is 0 Å². The molecule has 0 bridgehead atoms. The van der Waals surface area contributed by atoms with E-state index >= 15 is 0 Å². The van der Waals surface area contributed by atoms with Crippen molar-refractivity contribution >= 4 is 6.09 Å². The average Bonchev–Trinajstić information content (AvgIpc) is 2.29. The first-order valence-electron chi connectivity index (χ1n) is 6.10. The Labute approximate surface area is 112 Å². The van der Waals surface area contributed by atoms with E-state index in [-0.39, 0.29) is 5.92 Å². The van der Waals surface area contributed by atoms with E-state index in [1.807, 2.05) is 0 Å². The molecular weight excluding hydrogens is 249 g/mol. The number of nitrogens with two attached hydrogens (primary N) is 1. The summed E-state index contributed by atoms with van der Waals surface area (Å²) in [5.74, 6) is -0.576. The lowest BCUT2D eigenvalue weighted by Crippen LogP contribution is -2.36. The van der Waals surface area contributed by atoms with Crippen LogP contribution in [0, 0.1) is 5.82 Å². The molecule has 1 amide bonds.